The number of methoxy groups -OCH3 is 1. The molecule has 1 aromatic carbocycles. The quantitative estimate of drug-likeness (QED) is 0.496. The van der Waals surface area contributed by atoms with Crippen molar-refractivity contribution < 1.29 is 18.7 Å². The van der Waals surface area contributed by atoms with Crippen LogP contribution < -0.4 is 5.73 Å². The van der Waals surface area contributed by atoms with E-state index in [-0.39, 0.29) is 28.5 Å². The fourth-order valence-corrected chi connectivity index (χ4v) is 5.08. The third-order valence-corrected chi connectivity index (χ3v) is 6.88. The van der Waals surface area contributed by atoms with Gasteiger partial charge in [-0.15, -0.1) is 0 Å². The number of halogens is 1. The minimum atomic E-state index is -0.889. The minimum Gasteiger partial charge on any atom is -0.466 e. The van der Waals surface area contributed by atoms with Gasteiger partial charge in [-0.05, 0) is 36.4 Å². The average molecular weight is 492 g/mol. The van der Waals surface area contributed by atoms with E-state index >= 15 is 0 Å². The van der Waals surface area contributed by atoms with Crippen molar-refractivity contribution in [1.82, 2.24) is 9.88 Å². The van der Waals surface area contributed by atoms with E-state index in [1.165, 1.54) is 43.1 Å². The van der Waals surface area contributed by atoms with E-state index in [1.54, 1.807) is 0 Å². The molecule has 0 radical (unpaired) electrons. The first-order valence-corrected chi connectivity index (χ1v) is 11.7. The maximum atomic E-state index is 13.6. The van der Waals surface area contributed by atoms with E-state index < -0.39 is 17.7 Å². The molecule has 2 aliphatic heterocycles. The number of rotatable bonds is 5. The molecule has 0 spiro atoms. The normalized spacial score (nSPS) is 17.8. The van der Waals surface area contributed by atoms with Gasteiger partial charge in [0.25, 0.3) is 0 Å². The van der Waals surface area contributed by atoms with Crippen LogP contribution in [0.1, 0.15) is 28.3 Å². The predicted molar refractivity (Wildman–Crippen MR) is 126 cm³/mol. The first-order valence-electron chi connectivity index (χ1n) is 10.7. The number of nitrogens with zero attached hydrogens (tertiary/aromatic N) is 4. The Balaban J connectivity index is 1.73. The number of hydrogen-bond donors (Lipinski definition) is 1. The lowest BCUT2D eigenvalue weighted by molar-refractivity contribution is -0.136. The largest absolute Gasteiger partial charge is 0.466 e. The molecular weight excluding hydrogens is 469 g/mol. The van der Waals surface area contributed by atoms with Crippen LogP contribution >= 0.6 is 11.8 Å². The van der Waals surface area contributed by atoms with Crippen molar-refractivity contribution in [3.63, 3.8) is 0 Å². The Hall–Kier alpha value is -3.86. The number of likely N-dealkylation sites (N-methyl/N-ethyl adjacent to an activating group) is 1. The summed E-state index contributed by atoms with van der Waals surface area (Å²) >= 11 is 1.24. The number of carbonyl (C=O) groups excluding carboxylic acids is 1. The van der Waals surface area contributed by atoms with Crippen LogP contribution in [0.5, 0.6) is 0 Å². The number of benzene rings is 1. The van der Waals surface area contributed by atoms with Crippen LogP contribution in [0.25, 0.3) is 0 Å². The molecule has 0 amide bonds. The van der Waals surface area contributed by atoms with E-state index in [4.69, 9.17) is 20.2 Å². The monoisotopic (exact) mass is 491 g/mol. The van der Waals surface area contributed by atoms with Gasteiger partial charge in [0.05, 0.1) is 29.9 Å². The van der Waals surface area contributed by atoms with E-state index in [0.717, 1.165) is 30.8 Å². The molecule has 0 unspecified atom stereocenters. The SMILES string of the molecule is COC(=O)C1=C(CSc2nc3c(cc2C#N)CN(C)CC3)OC(N)=C(C#N)[C@H]1c1ccc(F)cc1. The number of thioether (sulfide) groups is 1. The highest BCUT2D eigenvalue weighted by molar-refractivity contribution is 7.99. The van der Waals surface area contributed by atoms with Gasteiger partial charge in [-0.2, -0.15) is 10.5 Å². The molecule has 8 nitrogen and oxygen atoms in total. The van der Waals surface area contributed by atoms with Crippen molar-refractivity contribution in [3.8, 4) is 12.1 Å². The minimum absolute atomic E-state index is 0.0273. The van der Waals surface area contributed by atoms with Crippen molar-refractivity contribution in [1.29, 1.82) is 10.5 Å². The van der Waals surface area contributed by atoms with E-state index in [1.807, 2.05) is 19.2 Å². The standard InChI is InChI=1S/C25H22FN5O3S/c1-31-8-7-19-16(12-31)9-15(10-27)24(30-19)35-13-20-22(25(32)33-2)21(18(11-28)23(29)34-20)14-3-5-17(26)6-4-14/h3-6,9,21H,7-8,12-13,29H2,1-2H3/t21-/m1/s1. The van der Waals surface area contributed by atoms with Crippen LogP contribution in [-0.2, 0) is 27.2 Å². The van der Waals surface area contributed by atoms with Gasteiger partial charge in [-0.1, -0.05) is 23.9 Å². The highest BCUT2D eigenvalue weighted by Gasteiger charge is 2.37. The molecule has 4 rings (SSSR count). The van der Waals surface area contributed by atoms with Crippen LogP contribution in [0.4, 0.5) is 4.39 Å². The van der Waals surface area contributed by atoms with Crippen molar-refractivity contribution >= 4 is 17.7 Å². The number of esters is 1. The second kappa shape index (κ2) is 10.2. The second-order valence-electron chi connectivity index (χ2n) is 8.14. The summed E-state index contributed by atoms with van der Waals surface area (Å²) in [5.41, 5.74) is 9.06. The van der Waals surface area contributed by atoms with Crippen LogP contribution in [0.3, 0.4) is 0 Å². The number of carbonyl (C=O) groups is 1. The summed E-state index contributed by atoms with van der Waals surface area (Å²) in [6.07, 6.45) is 0.769. The Morgan fingerprint density at radius 1 is 1.34 bits per heavy atom. The number of nitrogens with two attached hydrogens (primary N) is 1. The smallest absolute Gasteiger partial charge is 0.338 e. The highest BCUT2D eigenvalue weighted by Crippen LogP contribution is 2.41. The molecule has 2 aromatic rings. The molecule has 178 valence electrons. The lowest BCUT2D eigenvalue weighted by Gasteiger charge is -2.28. The molecule has 0 saturated heterocycles. The molecule has 0 saturated carbocycles. The number of nitriles is 2. The van der Waals surface area contributed by atoms with Gasteiger partial charge in [-0.25, -0.2) is 14.2 Å². The molecule has 0 bridgehead atoms. The van der Waals surface area contributed by atoms with Gasteiger partial charge >= 0.3 is 5.97 Å². The summed E-state index contributed by atoms with van der Waals surface area (Å²) in [6.45, 7) is 1.59. The van der Waals surface area contributed by atoms with Gasteiger partial charge in [0.2, 0.25) is 5.88 Å². The van der Waals surface area contributed by atoms with Gasteiger partial charge in [0, 0.05) is 25.2 Å². The highest BCUT2D eigenvalue weighted by atomic mass is 32.2. The zero-order chi connectivity index (χ0) is 25.1. The van der Waals surface area contributed by atoms with Gasteiger partial charge in [-0.3, -0.25) is 0 Å². The molecule has 2 aliphatic rings. The fourth-order valence-electron chi connectivity index (χ4n) is 4.17. The second-order valence-corrected chi connectivity index (χ2v) is 9.10. The summed E-state index contributed by atoms with van der Waals surface area (Å²) in [6, 6.07) is 11.5. The summed E-state index contributed by atoms with van der Waals surface area (Å²) in [7, 11) is 3.25. The first kappa shape index (κ1) is 24.3. The molecule has 10 heteroatoms. The zero-order valence-corrected chi connectivity index (χ0v) is 20.0. The van der Waals surface area contributed by atoms with E-state index in [9.17, 15) is 19.7 Å². The molecule has 2 N–H and O–H groups in total. The molecule has 1 atom stereocenters. The predicted octanol–water partition coefficient (Wildman–Crippen LogP) is 3.11. The van der Waals surface area contributed by atoms with E-state index in [0.29, 0.717) is 16.2 Å². The number of hydrogen-bond acceptors (Lipinski definition) is 9. The Labute approximate surface area is 206 Å². The number of pyridine rings is 1. The fraction of sp³-hybridized carbons (Fsp3) is 0.280. The number of ether oxygens (including phenoxy) is 2. The topological polar surface area (TPSA) is 125 Å². The van der Waals surface area contributed by atoms with Crippen LogP contribution in [0.15, 0.2) is 58.1 Å². The summed E-state index contributed by atoms with van der Waals surface area (Å²) in [5.74, 6) is -1.88. The van der Waals surface area contributed by atoms with E-state index in [2.05, 4.69) is 11.0 Å². The van der Waals surface area contributed by atoms with Crippen molar-refractivity contribution in [2.45, 2.75) is 23.9 Å². The first-order chi connectivity index (χ1) is 16.9. The molecule has 0 aliphatic carbocycles. The molecular formula is C25H22FN5O3S. The van der Waals surface area contributed by atoms with Crippen molar-refractivity contribution in [2.75, 3.05) is 26.5 Å². The van der Waals surface area contributed by atoms with Gasteiger partial charge in [0.15, 0.2) is 0 Å². The lowest BCUT2D eigenvalue weighted by atomic mass is 9.83. The zero-order valence-electron chi connectivity index (χ0n) is 19.2. The molecule has 1 aromatic heterocycles. The summed E-state index contributed by atoms with van der Waals surface area (Å²) < 4.78 is 24.3. The third kappa shape index (κ3) is 4.85. The average Bonchev–Trinajstić information content (AvgIpc) is 2.86. The van der Waals surface area contributed by atoms with Crippen molar-refractivity contribution in [3.05, 3.63) is 81.3 Å². The number of fused-ring (bicyclic) bond motifs is 1. The number of allylic oxidation sites excluding steroid dienone is 1. The van der Waals surface area contributed by atoms with Crippen LogP contribution in [0, 0.1) is 28.5 Å². The van der Waals surface area contributed by atoms with Gasteiger partial charge in [0.1, 0.15) is 34.3 Å². The molecule has 35 heavy (non-hydrogen) atoms. The van der Waals surface area contributed by atoms with Crippen LogP contribution in [-0.4, -0.2) is 42.3 Å². The molecule has 3 heterocycles. The maximum absolute atomic E-state index is 13.6. The summed E-state index contributed by atoms with van der Waals surface area (Å²) in [4.78, 5) is 19.7. The summed E-state index contributed by atoms with van der Waals surface area (Å²) in [5, 5.41) is 20.0. The molecule has 0 fully saturated rings. The number of aromatic nitrogens is 1. The Morgan fingerprint density at radius 2 is 2.09 bits per heavy atom. The Bertz CT molecular complexity index is 1320. The van der Waals surface area contributed by atoms with Crippen LogP contribution in [0.2, 0.25) is 0 Å². The Morgan fingerprint density at radius 3 is 2.74 bits per heavy atom. The van der Waals surface area contributed by atoms with Gasteiger partial charge < -0.3 is 20.1 Å². The third-order valence-electron chi connectivity index (χ3n) is 5.89. The maximum Gasteiger partial charge on any atom is 0.338 e. The lowest BCUT2D eigenvalue weighted by Crippen LogP contribution is -2.27. The Kier molecular flexibility index (Phi) is 7.06. The van der Waals surface area contributed by atoms with Crippen molar-refractivity contribution in [2.24, 2.45) is 5.73 Å².